The van der Waals surface area contributed by atoms with Crippen molar-refractivity contribution in [1.82, 2.24) is 14.8 Å². The summed E-state index contributed by atoms with van der Waals surface area (Å²) in [7, 11) is 1.60. The van der Waals surface area contributed by atoms with Gasteiger partial charge in [-0.25, -0.2) is 0 Å². The van der Waals surface area contributed by atoms with Crippen LogP contribution in [0.15, 0.2) is 66.3 Å². The van der Waals surface area contributed by atoms with Gasteiger partial charge in [0, 0.05) is 12.2 Å². The van der Waals surface area contributed by atoms with Crippen LogP contribution in [-0.4, -0.2) is 33.5 Å². The summed E-state index contributed by atoms with van der Waals surface area (Å²) in [5, 5.41) is 12.1. The van der Waals surface area contributed by atoms with E-state index in [9.17, 15) is 4.79 Å². The molecule has 3 aromatic rings. The number of ether oxygens (including phenoxy) is 2. The first kappa shape index (κ1) is 23.4. The number of benzene rings is 2. The number of hydrogen-bond acceptors (Lipinski definition) is 6. The smallest absolute Gasteiger partial charge is 0.234 e. The van der Waals surface area contributed by atoms with Gasteiger partial charge in [-0.1, -0.05) is 49.0 Å². The summed E-state index contributed by atoms with van der Waals surface area (Å²) in [6.07, 6.45) is 2.35. The highest BCUT2D eigenvalue weighted by Crippen LogP contribution is 2.31. The minimum Gasteiger partial charge on any atom is -0.493 e. The van der Waals surface area contributed by atoms with Gasteiger partial charge in [-0.15, -0.1) is 16.8 Å². The highest BCUT2D eigenvalue weighted by molar-refractivity contribution is 7.99. The molecular weight excluding hydrogens is 424 g/mol. The van der Waals surface area contributed by atoms with Crippen LogP contribution in [0.5, 0.6) is 11.5 Å². The summed E-state index contributed by atoms with van der Waals surface area (Å²) in [5.74, 6) is 2.03. The molecule has 0 aliphatic rings. The van der Waals surface area contributed by atoms with Crippen molar-refractivity contribution >= 4 is 23.4 Å². The van der Waals surface area contributed by atoms with Gasteiger partial charge in [-0.3, -0.25) is 9.36 Å². The molecule has 1 atom stereocenters. The molecule has 8 heteroatoms. The molecule has 0 fully saturated rings. The van der Waals surface area contributed by atoms with Gasteiger partial charge in [0.05, 0.1) is 12.9 Å². The van der Waals surface area contributed by atoms with Crippen molar-refractivity contribution in [2.24, 2.45) is 0 Å². The number of allylic oxidation sites excluding steroid dienone is 1. The maximum absolute atomic E-state index is 12.4. The van der Waals surface area contributed by atoms with E-state index in [0.717, 1.165) is 12.1 Å². The molecule has 1 N–H and O–H groups in total. The number of hydrogen-bond donors (Lipinski definition) is 1. The van der Waals surface area contributed by atoms with Crippen LogP contribution in [-0.2, 0) is 17.8 Å². The highest BCUT2D eigenvalue weighted by atomic mass is 32.2. The SMILES string of the molecule is C=CCn1c(SCC(=O)Nc2ccc(CC)cc2)nnc1C(C)Oc1ccccc1OC. The lowest BCUT2D eigenvalue weighted by atomic mass is 10.1. The van der Waals surface area contributed by atoms with Crippen LogP contribution in [0.4, 0.5) is 5.69 Å². The molecule has 1 unspecified atom stereocenters. The Morgan fingerprint density at radius 3 is 2.56 bits per heavy atom. The van der Waals surface area contributed by atoms with Crippen LogP contribution in [0.25, 0.3) is 0 Å². The van der Waals surface area contributed by atoms with E-state index in [2.05, 4.69) is 29.0 Å². The van der Waals surface area contributed by atoms with E-state index >= 15 is 0 Å². The molecule has 2 aromatic carbocycles. The van der Waals surface area contributed by atoms with Crippen LogP contribution in [0, 0.1) is 0 Å². The third kappa shape index (κ3) is 5.91. The predicted molar refractivity (Wildman–Crippen MR) is 127 cm³/mol. The molecule has 0 saturated heterocycles. The number of methoxy groups -OCH3 is 1. The van der Waals surface area contributed by atoms with E-state index in [4.69, 9.17) is 9.47 Å². The number of carbonyl (C=O) groups is 1. The number of amides is 1. The van der Waals surface area contributed by atoms with Gasteiger partial charge in [0.1, 0.15) is 0 Å². The van der Waals surface area contributed by atoms with E-state index in [1.807, 2.05) is 60.0 Å². The summed E-state index contributed by atoms with van der Waals surface area (Å²) in [5.41, 5.74) is 2.01. The number of rotatable bonds is 11. The molecule has 168 valence electrons. The molecule has 0 spiro atoms. The summed E-state index contributed by atoms with van der Waals surface area (Å²) >= 11 is 1.32. The van der Waals surface area contributed by atoms with Gasteiger partial charge < -0.3 is 14.8 Å². The van der Waals surface area contributed by atoms with E-state index < -0.39 is 0 Å². The number of nitrogens with one attached hydrogen (secondary N) is 1. The minimum atomic E-state index is -0.376. The molecule has 0 saturated carbocycles. The second kappa shape index (κ2) is 11.4. The lowest BCUT2D eigenvalue weighted by molar-refractivity contribution is -0.113. The van der Waals surface area contributed by atoms with Gasteiger partial charge >= 0.3 is 0 Å². The molecule has 1 aromatic heterocycles. The Morgan fingerprint density at radius 2 is 1.91 bits per heavy atom. The minimum absolute atomic E-state index is 0.104. The van der Waals surface area contributed by atoms with Crippen molar-refractivity contribution in [2.75, 3.05) is 18.2 Å². The fraction of sp³-hybridized carbons (Fsp3) is 0.292. The number of aryl methyl sites for hydroxylation is 1. The van der Waals surface area contributed by atoms with Gasteiger partial charge in [0.15, 0.2) is 28.6 Å². The zero-order chi connectivity index (χ0) is 22.9. The Labute approximate surface area is 192 Å². The topological polar surface area (TPSA) is 78.3 Å². The summed E-state index contributed by atoms with van der Waals surface area (Å²) in [4.78, 5) is 12.4. The molecule has 0 radical (unpaired) electrons. The Hall–Kier alpha value is -3.26. The third-order valence-corrected chi connectivity index (χ3v) is 5.74. The Bertz CT molecular complexity index is 1050. The maximum atomic E-state index is 12.4. The molecule has 0 bridgehead atoms. The van der Waals surface area contributed by atoms with Crippen molar-refractivity contribution < 1.29 is 14.3 Å². The first-order valence-electron chi connectivity index (χ1n) is 10.4. The lowest BCUT2D eigenvalue weighted by Crippen LogP contribution is -2.15. The van der Waals surface area contributed by atoms with E-state index in [1.54, 1.807) is 13.2 Å². The maximum Gasteiger partial charge on any atom is 0.234 e. The van der Waals surface area contributed by atoms with Crippen molar-refractivity contribution in [2.45, 2.75) is 38.1 Å². The van der Waals surface area contributed by atoms with Crippen molar-refractivity contribution in [3.63, 3.8) is 0 Å². The molecular formula is C24H28N4O3S. The lowest BCUT2D eigenvalue weighted by Gasteiger charge is -2.17. The van der Waals surface area contributed by atoms with Crippen molar-refractivity contribution in [3.8, 4) is 11.5 Å². The average Bonchev–Trinajstić information content (AvgIpc) is 3.21. The second-order valence-corrected chi connectivity index (χ2v) is 7.98. The van der Waals surface area contributed by atoms with Crippen LogP contribution in [0.3, 0.4) is 0 Å². The average molecular weight is 453 g/mol. The van der Waals surface area contributed by atoms with Crippen molar-refractivity contribution in [1.29, 1.82) is 0 Å². The predicted octanol–water partition coefficient (Wildman–Crippen LogP) is 4.91. The third-order valence-electron chi connectivity index (χ3n) is 4.77. The normalized spacial score (nSPS) is 11.6. The van der Waals surface area contributed by atoms with Gasteiger partial charge in [0.2, 0.25) is 5.91 Å². The Morgan fingerprint density at radius 1 is 1.19 bits per heavy atom. The largest absolute Gasteiger partial charge is 0.493 e. The summed E-state index contributed by atoms with van der Waals surface area (Å²) in [6.45, 7) is 8.33. The van der Waals surface area contributed by atoms with E-state index in [1.165, 1.54) is 17.3 Å². The van der Waals surface area contributed by atoms with Crippen molar-refractivity contribution in [3.05, 3.63) is 72.6 Å². The van der Waals surface area contributed by atoms with Gasteiger partial charge in [-0.2, -0.15) is 0 Å². The van der Waals surface area contributed by atoms with Gasteiger partial charge in [0.25, 0.3) is 0 Å². The fourth-order valence-electron chi connectivity index (χ4n) is 3.12. The number of para-hydroxylation sites is 2. The first-order chi connectivity index (χ1) is 15.5. The van der Waals surface area contributed by atoms with Crippen LogP contribution in [0.1, 0.15) is 31.3 Å². The Balaban J connectivity index is 1.66. The molecule has 1 amide bonds. The summed E-state index contributed by atoms with van der Waals surface area (Å²) < 4.78 is 13.3. The van der Waals surface area contributed by atoms with Crippen LogP contribution >= 0.6 is 11.8 Å². The van der Waals surface area contributed by atoms with Crippen LogP contribution < -0.4 is 14.8 Å². The summed E-state index contributed by atoms with van der Waals surface area (Å²) in [6, 6.07) is 15.3. The van der Waals surface area contributed by atoms with Gasteiger partial charge in [-0.05, 0) is 43.2 Å². The fourth-order valence-corrected chi connectivity index (χ4v) is 3.87. The number of anilines is 1. The number of nitrogens with zero attached hydrogens (tertiary/aromatic N) is 3. The monoisotopic (exact) mass is 452 g/mol. The molecule has 7 nitrogen and oxygen atoms in total. The zero-order valence-electron chi connectivity index (χ0n) is 18.6. The number of thioether (sulfide) groups is 1. The molecule has 3 rings (SSSR count). The van der Waals surface area contributed by atoms with E-state index in [0.29, 0.717) is 29.0 Å². The highest BCUT2D eigenvalue weighted by Gasteiger charge is 2.20. The molecule has 1 heterocycles. The molecule has 32 heavy (non-hydrogen) atoms. The number of carbonyl (C=O) groups excluding carboxylic acids is 1. The number of aromatic nitrogens is 3. The Kier molecular flexibility index (Phi) is 8.33. The second-order valence-electron chi connectivity index (χ2n) is 7.04. The van der Waals surface area contributed by atoms with Crippen LogP contribution in [0.2, 0.25) is 0 Å². The zero-order valence-corrected chi connectivity index (χ0v) is 19.4. The quantitative estimate of drug-likeness (QED) is 0.329. The molecule has 0 aliphatic heterocycles. The van der Waals surface area contributed by atoms with E-state index in [-0.39, 0.29) is 17.8 Å². The molecule has 0 aliphatic carbocycles. The first-order valence-corrected chi connectivity index (χ1v) is 11.4. The standard InChI is InChI=1S/C24H28N4O3S/c1-5-15-28-23(17(3)31-21-10-8-7-9-20(21)30-4)26-27-24(28)32-16-22(29)25-19-13-11-18(6-2)12-14-19/h5,7-14,17H,1,6,15-16H2,2-4H3,(H,25,29).